The van der Waals surface area contributed by atoms with E-state index >= 15 is 0 Å². The van der Waals surface area contributed by atoms with Crippen LogP contribution >= 0.6 is 11.8 Å². The lowest BCUT2D eigenvalue weighted by Crippen LogP contribution is -2.18. The molecule has 0 spiro atoms. The fourth-order valence-electron chi connectivity index (χ4n) is 1.38. The van der Waals surface area contributed by atoms with Gasteiger partial charge in [0.15, 0.2) is 0 Å². The molecule has 0 radical (unpaired) electrons. The minimum atomic E-state index is -4.49. The number of hydrogen-bond acceptors (Lipinski definition) is 2. The maximum absolute atomic E-state index is 12.8. The zero-order valence-corrected chi connectivity index (χ0v) is 11.0. The Kier molecular flexibility index (Phi) is 4.67. The van der Waals surface area contributed by atoms with E-state index in [1.165, 1.54) is 17.8 Å². The molecule has 2 nitrogen and oxygen atoms in total. The van der Waals surface area contributed by atoms with E-state index in [4.69, 9.17) is 11.1 Å². The minimum Gasteiger partial charge on any atom is -0.384 e. The molecule has 0 bridgehead atoms. The Bertz CT molecular complexity index is 443. The van der Waals surface area contributed by atoms with Gasteiger partial charge in [0.1, 0.15) is 5.84 Å². The molecule has 0 heterocycles. The van der Waals surface area contributed by atoms with Gasteiger partial charge in [-0.15, -0.1) is 11.8 Å². The van der Waals surface area contributed by atoms with Crippen LogP contribution in [0.2, 0.25) is 0 Å². The number of thioether (sulfide) groups is 1. The average molecular weight is 276 g/mol. The second kappa shape index (κ2) is 5.65. The first-order valence-electron chi connectivity index (χ1n) is 5.48. The number of halogens is 3. The standard InChI is InChI=1S/C12H15F3N2S/c1-3-7(2)18-8-4-5-9(11(16)17)10(6-8)12(13,14)15/h4-7H,3H2,1-2H3,(H3,16,17). The third-order valence-corrected chi connectivity index (χ3v) is 3.76. The Morgan fingerprint density at radius 2 is 2.06 bits per heavy atom. The first-order valence-corrected chi connectivity index (χ1v) is 6.36. The Morgan fingerprint density at radius 3 is 2.50 bits per heavy atom. The molecule has 3 N–H and O–H groups in total. The van der Waals surface area contributed by atoms with Gasteiger partial charge in [0, 0.05) is 15.7 Å². The smallest absolute Gasteiger partial charge is 0.384 e. The van der Waals surface area contributed by atoms with Gasteiger partial charge in [0.2, 0.25) is 0 Å². The molecule has 0 fully saturated rings. The van der Waals surface area contributed by atoms with Crippen LogP contribution in [0.3, 0.4) is 0 Å². The van der Waals surface area contributed by atoms with Crippen molar-refractivity contribution in [2.45, 2.75) is 36.6 Å². The van der Waals surface area contributed by atoms with Gasteiger partial charge in [-0.2, -0.15) is 13.2 Å². The van der Waals surface area contributed by atoms with Crippen molar-refractivity contribution in [3.05, 3.63) is 29.3 Å². The van der Waals surface area contributed by atoms with Crippen LogP contribution in [0.25, 0.3) is 0 Å². The van der Waals surface area contributed by atoms with E-state index in [0.717, 1.165) is 12.5 Å². The fourth-order valence-corrected chi connectivity index (χ4v) is 2.35. The molecule has 0 amide bonds. The number of alkyl halides is 3. The summed E-state index contributed by atoms with van der Waals surface area (Å²) in [4.78, 5) is 0.543. The topological polar surface area (TPSA) is 49.9 Å². The van der Waals surface area contributed by atoms with Gasteiger partial charge in [-0.05, 0) is 24.6 Å². The van der Waals surface area contributed by atoms with Gasteiger partial charge in [-0.25, -0.2) is 0 Å². The molecule has 0 aliphatic carbocycles. The van der Waals surface area contributed by atoms with Crippen LogP contribution in [-0.4, -0.2) is 11.1 Å². The van der Waals surface area contributed by atoms with Crippen LogP contribution in [0.1, 0.15) is 31.4 Å². The second-order valence-corrected chi connectivity index (χ2v) is 5.47. The molecular formula is C12H15F3N2S. The fraction of sp³-hybridized carbons (Fsp3) is 0.417. The number of nitrogens with two attached hydrogens (primary N) is 1. The van der Waals surface area contributed by atoms with E-state index < -0.39 is 17.6 Å². The van der Waals surface area contributed by atoms with Crippen molar-refractivity contribution >= 4 is 17.6 Å². The van der Waals surface area contributed by atoms with Gasteiger partial charge >= 0.3 is 6.18 Å². The number of nitrogens with one attached hydrogen (secondary N) is 1. The normalized spacial score (nSPS) is 13.4. The molecule has 0 aliphatic heterocycles. The van der Waals surface area contributed by atoms with E-state index in [1.807, 2.05) is 13.8 Å². The lowest BCUT2D eigenvalue weighted by molar-refractivity contribution is -0.137. The maximum atomic E-state index is 12.8. The molecule has 0 saturated carbocycles. The molecule has 18 heavy (non-hydrogen) atoms. The summed E-state index contributed by atoms with van der Waals surface area (Å²) in [6.45, 7) is 3.93. The van der Waals surface area contributed by atoms with Crippen molar-refractivity contribution in [2.75, 3.05) is 0 Å². The van der Waals surface area contributed by atoms with Gasteiger partial charge in [-0.3, -0.25) is 5.41 Å². The summed E-state index contributed by atoms with van der Waals surface area (Å²) < 4.78 is 38.5. The summed E-state index contributed by atoms with van der Waals surface area (Å²) in [7, 11) is 0. The summed E-state index contributed by atoms with van der Waals surface area (Å²) in [6, 6.07) is 3.90. The summed E-state index contributed by atoms with van der Waals surface area (Å²) >= 11 is 1.38. The highest BCUT2D eigenvalue weighted by Gasteiger charge is 2.34. The average Bonchev–Trinajstić information content (AvgIpc) is 2.27. The van der Waals surface area contributed by atoms with Gasteiger partial charge in [0.05, 0.1) is 5.56 Å². The third-order valence-electron chi connectivity index (χ3n) is 2.50. The molecule has 1 atom stereocenters. The zero-order chi connectivity index (χ0) is 13.9. The highest BCUT2D eigenvalue weighted by atomic mass is 32.2. The maximum Gasteiger partial charge on any atom is 0.417 e. The first kappa shape index (κ1) is 14.9. The van der Waals surface area contributed by atoms with E-state index in [0.29, 0.717) is 4.90 Å². The molecule has 1 aromatic rings. The molecule has 1 rings (SSSR count). The van der Waals surface area contributed by atoms with Crippen molar-refractivity contribution in [3.63, 3.8) is 0 Å². The van der Waals surface area contributed by atoms with E-state index in [9.17, 15) is 13.2 Å². The quantitative estimate of drug-likeness (QED) is 0.498. The molecule has 0 aliphatic rings. The molecule has 100 valence electrons. The van der Waals surface area contributed by atoms with Gasteiger partial charge in [-0.1, -0.05) is 13.8 Å². The monoisotopic (exact) mass is 276 g/mol. The zero-order valence-electron chi connectivity index (χ0n) is 10.1. The van der Waals surface area contributed by atoms with Crippen LogP contribution in [0.5, 0.6) is 0 Å². The molecule has 6 heteroatoms. The molecule has 1 unspecified atom stereocenters. The molecular weight excluding hydrogens is 261 g/mol. The third kappa shape index (κ3) is 3.66. The summed E-state index contributed by atoms with van der Waals surface area (Å²) in [6.07, 6.45) is -3.62. The Morgan fingerprint density at radius 1 is 1.44 bits per heavy atom. The first-order chi connectivity index (χ1) is 8.25. The predicted octanol–water partition coefficient (Wildman–Crippen LogP) is 3.88. The Balaban J connectivity index is 3.18. The number of hydrogen-bond donors (Lipinski definition) is 2. The molecule has 0 saturated heterocycles. The van der Waals surface area contributed by atoms with Crippen molar-refractivity contribution in [3.8, 4) is 0 Å². The SMILES string of the molecule is CCC(C)Sc1ccc(C(=N)N)c(C(F)(F)F)c1. The number of benzene rings is 1. The second-order valence-electron chi connectivity index (χ2n) is 3.96. The highest BCUT2D eigenvalue weighted by Crippen LogP contribution is 2.35. The van der Waals surface area contributed by atoms with Crippen LogP contribution in [0.15, 0.2) is 23.1 Å². The molecule has 1 aromatic carbocycles. The van der Waals surface area contributed by atoms with Crippen LogP contribution < -0.4 is 5.73 Å². The van der Waals surface area contributed by atoms with Gasteiger partial charge < -0.3 is 5.73 Å². The van der Waals surface area contributed by atoms with Crippen molar-refractivity contribution in [1.82, 2.24) is 0 Å². The largest absolute Gasteiger partial charge is 0.417 e. The van der Waals surface area contributed by atoms with Crippen LogP contribution in [0, 0.1) is 5.41 Å². The lowest BCUT2D eigenvalue weighted by atomic mass is 10.1. The summed E-state index contributed by atoms with van der Waals surface area (Å²) in [5, 5.41) is 7.42. The lowest BCUT2D eigenvalue weighted by Gasteiger charge is -2.15. The van der Waals surface area contributed by atoms with Crippen molar-refractivity contribution < 1.29 is 13.2 Å². The number of amidine groups is 1. The Labute approximate surface area is 108 Å². The number of rotatable bonds is 4. The Hall–Kier alpha value is -1.17. The van der Waals surface area contributed by atoms with Crippen molar-refractivity contribution in [1.29, 1.82) is 5.41 Å². The summed E-state index contributed by atoms with van der Waals surface area (Å²) in [5.41, 5.74) is 4.05. The van der Waals surface area contributed by atoms with Crippen LogP contribution in [0.4, 0.5) is 13.2 Å². The van der Waals surface area contributed by atoms with Crippen LogP contribution in [-0.2, 0) is 6.18 Å². The van der Waals surface area contributed by atoms with E-state index in [2.05, 4.69) is 0 Å². The minimum absolute atomic E-state index is 0.245. The molecule has 0 aromatic heterocycles. The van der Waals surface area contributed by atoms with Gasteiger partial charge in [0.25, 0.3) is 0 Å². The summed E-state index contributed by atoms with van der Waals surface area (Å²) in [5.74, 6) is -0.567. The number of nitrogen functional groups attached to an aromatic ring is 1. The highest BCUT2D eigenvalue weighted by molar-refractivity contribution is 7.99. The van der Waals surface area contributed by atoms with Crippen molar-refractivity contribution in [2.24, 2.45) is 5.73 Å². The van der Waals surface area contributed by atoms with E-state index in [-0.39, 0.29) is 10.8 Å². The van der Waals surface area contributed by atoms with E-state index in [1.54, 1.807) is 6.07 Å². The predicted molar refractivity (Wildman–Crippen MR) is 68.1 cm³/mol.